The second-order valence-electron chi connectivity index (χ2n) is 2.36. The summed E-state index contributed by atoms with van der Waals surface area (Å²) in [4.78, 5) is 9.90. The molecule has 0 rings (SSSR count). The molecule has 6 nitrogen and oxygen atoms in total. The number of rotatable bonds is 5. The first-order valence-electron chi connectivity index (χ1n) is 3.33. The van der Waals surface area contributed by atoms with Crippen LogP contribution in [0.4, 0.5) is 0 Å². The van der Waals surface area contributed by atoms with Crippen molar-refractivity contribution in [1.82, 2.24) is 0 Å². The molecule has 0 radical (unpaired) electrons. The summed E-state index contributed by atoms with van der Waals surface area (Å²) in [6, 6.07) is 0. The van der Waals surface area contributed by atoms with Crippen molar-refractivity contribution in [2.45, 2.75) is 24.4 Å². The minimum Gasteiger partial charge on any atom is -0.394 e. The van der Waals surface area contributed by atoms with Gasteiger partial charge in [-0.25, -0.2) is 0 Å². The molecule has 0 amide bonds. The molecule has 0 aromatic carbocycles. The summed E-state index contributed by atoms with van der Waals surface area (Å²) in [7, 11) is 0. The molecule has 12 heavy (non-hydrogen) atoms. The van der Waals surface area contributed by atoms with Crippen molar-refractivity contribution >= 4 is 6.29 Å². The van der Waals surface area contributed by atoms with Crippen LogP contribution in [0.2, 0.25) is 0 Å². The number of hydrogen-bond donors (Lipinski definition) is 5. The van der Waals surface area contributed by atoms with E-state index in [1.165, 1.54) is 0 Å². The van der Waals surface area contributed by atoms with E-state index >= 15 is 0 Å². The topological polar surface area (TPSA) is 118 Å². The molecule has 2 unspecified atom stereocenters. The Balaban J connectivity index is 4.07. The van der Waals surface area contributed by atoms with Gasteiger partial charge in [0.05, 0.1) is 6.61 Å². The summed E-state index contributed by atoms with van der Waals surface area (Å²) >= 11 is 0. The predicted molar refractivity (Wildman–Crippen MR) is 37.2 cm³/mol. The monoisotopic (exact) mass is 180 g/mol. The van der Waals surface area contributed by atoms with E-state index in [1.54, 1.807) is 0 Å². The Labute approximate surface area is 68.7 Å². The first kappa shape index (κ1) is 11.5. The molecular formula is C6H12O6. The minimum absolute atomic E-state index is 0.0258. The van der Waals surface area contributed by atoms with Gasteiger partial charge in [-0.05, 0) is 0 Å². The number of aliphatic hydroxyl groups is 5. The van der Waals surface area contributed by atoms with E-state index in [0.29, 0.717) is 0 Å². The third-order valence-electron chi connectivity index (χ3n) is 1.42. The van der Waals surface area contributed by atoms with Gasteiger partial charge in [0.1, 0.15) is 24.4 Å². The molecule has 0 bridgehead atoms. The van der Waals surface area contributed by atoms with E-state index in [0.717, 1.165) is 0 Å². The van der Waals surface area contributed by atoms with Gasteiger partial charge >= 0.3 is 0 Å². The van der Waals surface area contributed by atoms with Crippen LogP contribution in [0.3, 0.4) is 0 Å². The molecule has 4 atom stereocenters. The summed E-state index contributed by atoms with van der Waals surface area (Å²) in [5.74, 6) is 0. The summed E-state index contributed by atoms with van der Waals surface area (Å²) in [6.07, 6.45) is -6.84. The molecule has 0 aromatic heterocycles. The number of hydrogen-bond acceptors (Lipinski definition) is 6. The van der Waals surface area contributed by atoms with E-state index in [1.807, 2.05) is 0 Å². The Bertz CT molecular complexity index is 138. The molecule has 0 spiro atoms. The van der Waals surface area contributed by atoms with Gasteiger partial charge in [0, 0.05) is 0 Å². The molecule has 0 saturated carbocycles. The molecule has 5 N–H and O–H groups in total. The van der Waals surface area contributed by atoms with Gasteiger partial charge in [-0.1, -0.05) is 0 Å². The largest absolute Gasteiger partial charge is 0.394 e. The van der Waals surface area contributed by atoms with Gasteiger partial charge in [0.2, 0.25) is 0 Å². The average molecular weight is 180 g/mol. The fraction of sp³-hybridized carbons (Fsp3) is 0.833. The minimum atomic E-state index is -1.79. The Hall–Kier alpha value is -0.530. The fourth-order valence-corrected chi connectivity index (χ4v) is 0.618. The van der Waals surface area contributed by atoms with Gasteiger partial charge < -0.3 is 30.3 Å². The number of aliphatic hydroxyl groups excluding tert-OH is 5. The Morgan fingerprint density at radius 3 is 1.92 bits per heavy atom. The lowest BCUT2D eigenvalue weighted by atomic mass is 10.0. The summed E-state index contributed by atoms with van der Waals surface area (Å²) in [5, 5.41) is 43.5. The summed E-state index contributed by atoms with van der Waals surface area (Å²) in [6.45, 7) is -0.760. The smallest absolute Gasteiger partial charge is 0.151 e. The van der Waals surface area contributed by atoms with E-state index in [9.17, 15) is 4.79 Å². The highest BCUT2D eigenvalue weighted by Crippen LogP contribution is 2.02. The molecule has 0 fully saturated rings. The third-order valence-corrected chi connectivity index (χ3v) is 1.42. The quantitative estimate of drug-likeness (QED) is 0.282. The van der Waals surface area contributed by atoms with Crippen LogP contribution in [0.1, 0.15) is 0 Å². The molecule has 6 heteroatoms. The van der Waals surface area contributed by atoms with Crippen LogP contribution in [0.5, 0.6) is 0 Å². The summed E-state index contributed by atoms with van der Waals surface area (Å²) < 4.78 is 0. The Kier molecular flexibility index (Phi) is 4.95. The fourth-order valence-electron chi connectivity index (χ4n) is 0.618. The lowest BCUT2D eigenvalue weighted by Gasteiger charge is -2.22. The van der Waals surface area contributed by atoms with E-state index < -0.39 is 31.0 Å². The Morgan fingerprint density at radius 1 is 1.08 bits per heavy atom. The highest BCUT2D eigenvalue weighted by Gasteiger charge is 2.29. The first-order valence-corrected chi connectivity index (χ1v) is 3.33. The SMILES string of the molecule is O=CC(O)[C@@H](O)[C@@H](O)C(O)CO. The van der Waals surface area contributed by atoms with Gasteiger partial charge in [0.15, 0.2) is 6.29 Å². The van der Waals surface area contributed by atoms with Gasteiger partial charge in [-0.2, -0.15) is 0 Å². The molecule has 0 heterocycles. The van der Waals surface area contributed by atoms with Crippen molar-refractivity contribution in [3.8, 4) is 0 Å². The maximum absolute atomic E-state index is 9.90. The maximum Gasteiger partial charge on any atom is 0.151 e. The van der Waals surface area contributed by atoms with Crippen molar-refractivity contribution in [2.75, 3.05) is 6.61 Å². The number of carbonyl (C=O) groups excluding carboxylic acids is 1. The molecule has 0 aliphatic carbocycles. The van der Waals surface area contributed by atoms with Crippen LogP contribution in [0.15, 0.2) is 0 Å². The van der Waals surface area contributed by atoms with E-state index in [4.69, 9.17) is 25.5 Å². The average Bonchev–Trinajstić information content (AvgIpc) is 2.12. The lowest BCUT2D eigenvalue weighted by Crippen LogP contribution is -2.46. The van der Waals surface area contributed by atoms with Gasteiger partial charge in [-0.3, -0.25) is 0 Å². The standard InChI is InChI=1S/C6H12O6/c7-1-3(9)5(11)6(12)4(10)2-8/h1,3-6,8-12H,2H2/t3?,4?,5-,6+/m1/s1. The molecular weight excluding hydrogens is 168 g/mol. The molecule has 0 aliphatic heterocycles. The van der Waals surface area contributed by atoms with Crippen LogP contribution in [-0.2, 0) is 4.79 Å². The van der Waals surface area contributed by atoms with Crippen molar-refractivity contribution in [2.24, 2.45) is 0 Å². The van der Waals surface area contributed by atoms with E-state index in [2.05, 4.69) is 0 Å². The van der Waals surface area contributed by atoms with Crippen LogP contribution in [-0.4, -0.2) is 62.8 Å². The molecule has 72 valence electrons. The van der Waals surface area contributed by atoms with Crippen LogP contribution in [0, 0.1) is 0 Å². The predicted octanol–water partition coefficient (Wildman–Crippen LogP) is -3.38. The van der Waals surface area contributed by atoms with Crippen molar-refractivity contribution in [1.29, 1.82) is 0 Å². The third kappa shape index (κ3) is 2.84. The van der Waals surface area contributed by atoms with Crippen LogP contribution in [0.25, 0.3) is 0 Å². The van der Waals surface area contributed by atoms with Crippen molar-refractivity contribution < 1.29 is 30.3 Å². The number of carbonyl (C=O) groups is 1. The second kappa shape index (κ2) is 5.18. The molecule has 0 aliphatic rings. The Morgan fingerprint density at radius 2 is 1.58 bits per heavy atom. The highest BCUT2D eigenvalue weighted by atomic mass is 16.4. The van der Waals surface area contributed by atoms with Gasteiger partial charge in [0.25, 0.3) is 0 Å². The van der Waals surface area contributed by atoms with E-state index in [-0.39, 0.29) is 6.29 Å². The summed E-state index contributed by atoms with van der Waals surface area (Å²) in [5.41, 5.74) is 0. The highest BCUT2D eigenvalue weighted by molar-refractivity contribution is 5.56. The molecule has 0 aromatic rings. The van der Waals surface area contributed by atoms with Gasteiger partial charge in [-0.15, -0.1) is 0 Å². The zero-order chi connectivity index (χ0) is 9.72. The van der Waals surface area contributed by atoms with Crippen molar-refractivity contribution in [3.63, 3.8) is 0 Å². The van der Waals surface area contributed by atoms with Crippen molar-refractivity contribution in [3.05, 3.63) is 0 Å². The lowest BCUT2D eigenvalue weighted by molar-refractivity contribution is -0.136. The normalized spacial score (nSPS) is 21.1. The van der Waals surface area contributed by atoms with Crippen LogP contribution < -0.4 is 0 Å². The zero-order valence-corrected chi connectivity index (χ0v) is 6.24. The number of aldehydes is 1. The maximum atomic E-state index is 9.90. The first-order chi connectivity index (χ1) is 5.54. The zero-order valence-electron chi connectivity index (χ0n) is 6.24. The second-order valence-corrected chi connectivity index (χ2v) is 2.36. The van der Waals surface area contributed by atoms with Crippen LogP contribution >= 0.6 is 0 Å². The molecule has 0 saturated heterocycles.